The predicted molar refractivity (Wildman–Crippen MR) is 105 cm³/mol. The quantitative estimate of drug-likeness (QED) is 0.647. The average molecular weight is 400 g/mol. The molecule has 4 rings (SSSR count). The van der Waals surface area contributed by atoms with Gasteiger partial charge in [-0.1, -0.05) is 0 Å². The molecule has 29 heavy (non-hydrogen) atoms. The third kappa shape index (κ3) is 4.44. The first kappa shape index (κ1) is 19.5. The van der Waals surface area contributed by atoms with E-state index in [1.807, 2.05) is 0 Å². The van der Waals surface area contributed by atoms with Crippen molar-refractivity contribution in [2.75, 3.05) is 39.4 Å². The maximum absolute atomic E-state index is 13.5. The van der Waals surface area contributed by atoms with Crippen molar-refractivity contribution >= 4 is 16.9 Å². The Hall–Kier alpha value is -2.84. The monoisotopic (exact) mass is 400 g/mol. The highest BCUT2D eigenvalue weighted by molar-refractivity contribution is 5.97. The number of nitrogens with zero attached hydrogens (tertiary/aromatic N) is 3. The molecule has 0 radical (unpaired) electrons. The van der Waals surface area contributed by atoms with Gasteiger partial charge in [0.25, 0.3) is 5.91 Å². The maximum atomic E-state index is 13.5. The topological polar surface area (TPSA) is 59.4 Å². The molecule has 6 nitrogen and oxygen atoms in total. The van der Waals surface area contributed by atoms with Crippen LogP contribution < -0.4 is 5.32 Å². The van der Waals surface area contributed by atoms with Gasteiger partial charge in [0.2, 0.25) is 0 Å². The minimum absolute atomic E-state index is 0.156. The van der Waals surface area contributed by atoms with Gasteiger partial charge in [-0.25, -0.2) is 13.8 Å². The van der Waals surface area contributed by atoms with Crippen LogP contribution in [0.3, 0.4) is 0 Å². The number of nitrogens with one attached hydrogen (secondary N) is 1. The molecule has 2 aromatic carbocycles. The lowest BCUT2D eigenvalue weighted by molar-refractivity contribution is 0.0374. The second-order valence-electron chi connectivity index (χ2n) is 6.98. The number of rotatable bonds is 6. The first-order valence-electron chi connectivity index (χ1n) is 9.62. The standard InChI is InChI=1S/C21H22F2N4O2/c22-17-4-3-16(13-18(17)23)27-14-25-19-12-15(2-5-20(19)27)21(28)24-6-1-7-26-8-10-29-11-9-26/h2-5,12-14H,1,6-11H2,(H,24,28). The van der Waals surface area contributed by atoms with E-state index in [2.05, 4.69) is 15.2 Å². The predicted octanol–water partition coefficient (Wildman–Crippen LogP) is 2.76. The van der Waals surface area contributed by atoms with Gasteiger partial charge in [0.05, 0.1) is 29.9 Å². The van der Waals surface area contributed by atoms with Gasteiger partial charge in [0.15, 0.2) is 11.6 Å². The largest absolute Gasteiger partial charge is 0.379 e. The Morgan fingerprint density at radius 3 is 2.72 bits per heavy atom. The van der Waals surface area contributed by atoms with Gasteiger partial charge in [0.1, 0.15) is 6.33 Å². The Kier molecular flexibility index (Phi) is 5.82. The van der Waals surface area contributed by atoms with Gasteiger partial charge in [0, 0.05) is 31.3 Å². The number of morpholine rings is 1. The van der Waals surface area contributed by atoms with Gasteiger partial charge >= 0.3 is 0 Å². The Balaban J connectivity index is 1.39. The van der Waals surface area contributed by atoms with Crippen LogP contribution in [-0.2, 0) is 4.74 Å². The Morgan fingerprint density at radius 1 is 1.10 bits per heavy atom. The van der Waals surface area contributed by atoms with E-state index in [0.717, 1.165) is 51.4 Å². The van der Waals surface area contributed by atoms with Crippen molar-refractivity contribution in [2.45, 2.75) is 6.42 Å². The average Bonchev–Trinajstić information content (AvgIpc) is 3.17. The minimum Gasteiger partial charge on any atom is -0.379 e. The van der Waals surface area contributed by atoms with Gasteiger partial charge in [-0.3, -0.25) is 14.3 Å². The smallest absolute Gasteiger partial charge is 0.251 e. The molecule has 1 aromatic heterocycles. The van der Waals surface area contributed by atoms with Crippen molar-refractivity contribution < 1.29 is 18.3 Å². The summed E-state index contributed by atoms with van der Waals surface area (Å²) in [6.45, 7) is 4.93. The second-order valence-corrected chi connectivity index (χ2v) is 6.98. The first-order chi connectivity index (χ1) is 14.1. The fourth-order valence-electron chi connectivity index (χ4n) is 3.43. The molecule has 152 valence electrons. The summed E-state index contributed by atoms with van der Waals surface area (Å²) < 4.78 is 33.7. The molecule has 0 atom stereocenters. The summed E-state index contributed by atoms with van der Waals surface area (Å²) >= 11 is 0. The van der Waals surface area contributed by atoms with Crippen LogP contribution in [-0.4, -0.2) is 59.8 Å². The van der Waals surface area contributed by atoms with E-state index in [0.29, 0.717) is 28.8 Å². The molecule has 0 saturated carbocycles. The molecule has 1 amide bonds. The lowest BCUT2D eigenvalue weighted by atomic mass is 10.2. The molecule has 1 saturated heterocycles. The van der Waals surface area contributed by atoms with Gasteiger partial charge in [-0.2, -0.15) is 0 Å². The molecular weight excluding hydrogens is 378 g/mol. The number of imidazole rings is 1. The van der Waals surface area contributed by atoms with E-state index >= 15 is 0 Å². The SMILES string of the molecule is O=C(NCCCN1CCOCC1)c1ccc2c(c1)ncn2-c1ccc(F)c(F)c1. The summed E-state index contributed by atoms with van der Waals surface area (Å²) in [4.78, 5) is 19.0. The molecule has 0 unspecified atom stereocenters. The van der Waals surface area contributed by atoms with Crippen LogP contribution in [0.5, 0.6) is 0 Å². The molecule has 1 N–H and O–H groups in total. The molecule has 8 heteroatoms. The number of benzene rings is 2. The van der Waals surface area contributed by atoms with Crippen LogP contribution in [0.1, 0.15) is 16.8 Å². The molecule has 0 bridgehead atoms. The number of fused-ring (bicyclic) bond motifs is 1. The summed E-state index contributed by atoms with van der Waals surface area (Å²) in [5.74, 6) is -1.97. The summed E-state index contributed by atoms with van der Waals surface area (Å²) in [6, 6.07) is 8.84. The van der Waals surface area contributed by atoms with E-state index in [4.69, 9.17) is 4.74 Å². The number of hydrogen-bond acceptors (Lipinski definition) is 4. The fourth-order valence-corrected chi connectivity index (χ4v) is 3.43. The highest BCUT2D eigenvalue weighted by Crippen LogP contribution is 2.21. The fraction of sp³-hybridized carbons (Fsp3) is 0.333. The molecular formula is C21H22F2N4O2. The van der Waals surface area contributed by atoms with E-state index in [-0.39, 0.29) is 5.91 Å². The second kappa shape index (κ2) is 8.67. The zero-order valence-corrected chi connectivity index (χ0v) is 15.9. The normalized spacial score (nSPS) is 15.0. The number of aromatic nitrogens is 2. The first-order valence-corrected chi connectivity index (χ1v) is 9.62. The summed E-state index contributed by atoms with van der Waals surface area (Å²) in [7, 11) is 0. The Bertz CT molecular complexity index is 1020. The van der Waals surface area contributed by atoms with Crippen LogP contribution >= 0.6 is 0 Å². The third-order valence-electron chi connectivity index (χ3n) is 5.03. The van der Waals surface area contributed by atoms with E-state index in [1.54, 1.807) is 22.8 Å². The highest BCUT2D eigenvalue weighted by Gasteiger charge is 2.12. The van der Waals surface area contributed by atoms with Crippen molar-refractivity contribution in [3.05, 3.63) is 59.9 Å². The van der Waals surface area contributed by atoms with Crippen molar-refractivity contribution in [2.24, 2.45) is 0 Å². The van der Waals surface area contributed by atoms with Crippen LogP contribution in [0.25, 0.3) is 16.7 Å². The summed E-state index contributed by atoms with van der Waals surface area (Å²) in [6.07, 6.45) is 2.40. The van der Waals surface area contributed by atoms with Crippen LogP contribution in [0.4, 0.5) is 8.78 Å². The molecule has 0 spiro atoms. The molecule has 1 fully saturated rings. The van der Waals surface area contributed by atoms with Crippen LogP contribution in [0, 0.1) is 11.6 Å². The van der Waals surface area contributed by atoms with Crippen molar-refractivity contribution in [3.8, 4) is 5.69 Å². The lowest BCUT2D eigenvalue weighted by Crippen LogP contribution is -2.38. The molecule has 0 aliphatic carbocycles. The van der Waals surface area contributed by atoms with Gasteiger partial charge in [-0.05, 0) is 43.3 Å². The maximum Gasteiger partial charge on any atom is 0.251 e. The highest BCUT2D eigenvalue weighted by atomic mass is 19.2. The van der Waals surface area contributed by atoms with E-state index < -0.39 is 11.6 Å². The lowest BCUT2D eigenvalue weighted by Gasteiger charge is -2.26. The zero-order valence-electron chi connectivity index (χ0n) is 15.9. The van der Waals surface area contributed by atoms with E-state index in [1.165, 1.54) is 12.4 Å². The number of hydrogen-bond donors (Lipinski definition) is 1. The van der Waals surface area contributed by atoms with Gasteiger partial charge in [-0.15, -0.1) is 0 Å². The van der Waals surface area contributed by atoms with Gasteiger partial charge < -0.3 is 10.1 Å². The van der Waals surface area contributed by atoms with Crippen molar-refractivity contribution in [1.29, 1.82) is 0 Å². The molecule has 2 heterocycles. The Morgan fingerprint density at radius 2 is 1.93 bits per heavy atom. The molecule has 1 aliphatic heterocycles. The number of halogens is 2. The van der Waals surface area contributed by atoms with Crippen LogP contribution in [0.2, 0.25) is 0 Å². The molecule has 1 aliphatic rings. The molecule has 3 aromatic rings. The summed E-state index contributed by atoms with van der Waals surface area (Å²) in [5, 5.41) is 2.93. The summed E-state index contributed by atoms with van der Waals surface area (Å²) in [5.41, 5.74) is 2.29. The number of amides is 1. The van der Waals surface area contributed by atoms with Crippen molar-refractivity contribution in [1.82, 2.24) is 19.8 Å². The number of ether oxygens (including phenoxy) is 1. The van der Waals surface area contributed by atoms with Crippen LogP contribution in [0.15, 0.2) is 42.7 Å². The zero-order chi connectivity index (χ0) is 20.2. The van der Waals surface area contributed by atoms with Crippen molar-refractivity contribution in [3.63, 3.8) is 0 Å². The van der Waals surface area contributed by atoms with E-state index in [9.17, 15) is 13.6 Å². The minimum atomic E-state index is -0.919. The number of carbonyl (C=O) groups is 1. The Labute approximate surface area is 167 Å². The number of carbonyl (C=O) groups excluding carboxylic acids is 1. The third-order valence-corrected chi connectivity index (χ3v) is 5.03.